The Bertz CT molecular complexity index is 813. The number of H-pyrrole nitrogens is 1. The summed E-state index contributed by atoms with van der Waals surface area (Å²) in [6.07, 6.45) is 4.43. The monoisotopic (exact) mass is 275 g/mol. The molecule has 2 heterocycles. The first-order valence-electron chi connectivity index (χ1n) is 5.38. The van der Waals surface area contributed by atoms with Crippen LogP contribution in [0.2, 0.25) is 0 Å². The van der Waals surface area contributed by atoms with E-state index >= 15 is 0 Å². The van der Waals surface area contributed by atoms with Gasteiger partial charge in [-0.2, -0.15) is 0 Å². The molecule has 96 valence electrons. The lowest BCUT2D eigenvalue weighted by Crippen LogP contribution is -2.14. The fourth-order valence-corrected chi connectivity index (χ4v) is 2.60. The highest BCUT2D eigenvalue weighted by Gasteiger charge is 2.16. The standard InChI is InChI=1S/C11H9N5O2S/c17-19(18,16-11-12-4-1-5-13-11)8-2-3-9-10(6-8)15-7-14-9/h1-7H,(H,14,15)(H,12,13,16). The van der Waals surface area contributed by atoms with Crippen molar-refractivity contribution in [2.45, 2.75) is 4.90 Å². The molecule has 0 bridgehead atoms. The molecule has 19 heavy (non-hydrogen) atoms. The lowest BCUT2D eigenvalue weighted by Gasteiger charge is -2.05. The van der Waals surface area contributed by atoms with E-state index in [0.29, 0.717) is 11.0 Å². The molecule has 0 saturated carbocycles. The summed E-state index contributed by atoms with van der Waals surface area (Å²) >= 11 is 0. The third kappa shape index (κ3) is 2.25. The number of rotatable bonds is 3. The molecular formula is C11H9N5O2S. The number of nitrogens with zero attached hydrogens (tertiary/aromatic N) is 3. The molecule has 0 atom stereocenters. The molecule has 0 radical (unpaired) electrons. The third-order valence-electron chi connectivity index (χ3n) is 2.49. The molecule has 3 aromatic rings. The van der Waals surface area contributed by atoms with E-state index in [1.807, 2.05) is 0 Å². The number of anilines is 1. The van der Waals surface area contributed by atoms with Crippen LogP contribution in [0.4, 0.5) is 5.95 Å². The predicted molar refractivity (Wildman–Crippen MR) is 68.9 cm³/mol. The van der Waals surface area contributed by atoms with E-state index in [2.05, 4.69) is 24.7 Å². The van der Waals surface area contributed by atoms with Crippen LogP contribution in [0.1, 0.15) is 0 Å². The maximum Gasteiger partial charge on any atom is 0.264 e. The van der Waals surface area contributed by atoms with E-state index < -0.39 is 10.0 Å². The highest BCUT2D eigenvalue weighted by molar-refractivity contribution is 7.92. The molecule has 0 unspecified atom stereocenters. The van der Waals surface area contributed by atoms with Crippen LogP contribution in [0.3, 0.4) is 0 Å². The van der Waals surface area contributed by atoms with E-state index in [0.717, 1.165) is 0 Å². The Morgan fingerprint density at radius 2 is 1.89 bits per heavy atom. The number of aromatic amines is 1. The number of benzene rings is 1. The van der Waals surface area contributed by atoms with Gasteiger partial charge in [-0.25, -0.2) is 28.1 Å². The summed E-state index contributed by atoms with van der Waals surface area (Å²) in [4.78, 5) is 14.7. The molecule has 0 fully saturated rings. The minimum Gasteiger partial charge on any atom is -0.345 e. The highest BCUT2D eigenvalue weighted by Crippen LogP contribution is 2.17. The van der Waals surface area contributed by atoms with Gasteiger partial charge in [-0.1, -0.05) is 0 Å². The number of fused-ring (bicyclic) bond motifs is 1. The first-order chi connectivity index (χ1) is 9.15. The minimum absolute atomic E-state index is 0.0345. The van der Waals surface area contributed by atoms with Crippen molar-refractivity contribution < 1.29 is 8.42 Å². The van der Waals surface area contributed by atoms with E-state index in [1.165, 1.54) is 30.9 Å². The van der Waals surface area contributed by atoms with Crippen LogP contribution >= 0.6 is 0 Å². The second-order valence-electron chi connectivity index (χ2n) is 3.76. The molecule has 0 aliphatic rings. The Hall–Kier alpha value is -2.48. The molecule has 1 aromatic carbocycles. The summed E-state index contributed by atoms with van der Waals surface area (Å²) in [6.45, 7) is 0. The van der Waals surface area contributed by atoms with Crippen molar-refractivity contribution in [3.8, 4) is 0 Å². The van der Waals surface area contributed by atoms with Crippen LogP contribution in [-0.2, 0) is 10.0 Å². The second kappa shape index (κ2) is 4.32. The van der Waals surface area contributed by atoms with Crippen molar-refractivity contribution in [1.82, 2.24) is 19.9 Å². The molecule has 7 nitrogen and oxygen atoms in total. The lowest BCUT2D eigenvalue weighted by atomic mass is 10.3. The number of aromatic nitrogens is 4. The summed E-state index contributed by atoms with van der Waals surface area (Å²) in [7, 11) is -3.71. The SMILES string of the molecule is O=S(=O)(Nc1ncccn1)c1ccc2nc[nH]c2c1. The van der Waals surface area contributed by atoms with Crippen LogP contribution in [0.25, 0.3) is 11.0 Å². The smallest absolute Gasteiger partial charge is 0.264 e. The summed E-state index contributed by atoms with van der Waals surface area (Å²) in [5.41, 5.74) is 1.35. The molecule has 3 rings (SSSR count). The van der Waals surface area contributed by atoms with Crippen molar-refractivity contribution in [3.63, 3.8) is 0 Å². The zero-order valence-electron chi connectivity index (χ0n) is 9.61. The zero-order valence-corrected chi connectivity index (χ0v) is 10.4. The fraction of sp³-hybridized carbons (Fsp3) is 0. The zero-order chi connectivity index (χ0) is 13.3. The summed E-state index contributed by atoms with van der Waals surface area (Å²) in [5, 5.41) is 0. The van der Waals surface area contributed by atoms with Crippen LogP contribution in [0.5, 0.6) is 0 Å². The molecule has 0 spiro atoms. The number of imidazole rings is 1. The van der Waals surface area contributed by atoms with Gasteiger partial charge in [0.05, 0.1) is 22.3 Å². The highest BCUT2D eigenvalue weighted by atomic mass is 32.2. The summed E-state index contributed by atoms with van der Waals surface area (Å²) < 4.78 is 26.6. The molecule has 0 aliphatic heterocycles. The number of nitrogens with one attached hydrogen (secondary N) is 2. The lowest BCUT2D eigenvalue weighted by molar-refractivity contribution is 0.601. The van der Waals surface area contributed by atoms with Crippen LogP contribution < -0.4 is 4.72 Å². The average molecular weight is 275 g/mol. The topological polar surface area (TPSA) is 101 Å². The quantitative estimate of drug-likeness (QED) is 0.746. The number of sulfonamides is 1. The van der Waals surface area contributed by atoms with Gasteiger partial charge in [-0.15, -0.1) is 0 Å². The van der Waals surface area contributed by atoms with Crippen molar-refractivity contribution in [2.24, 2.45) is 0 Å². The molecule has 2 N–H and O–H groups in total. The maximum absolute atomic E-state index is 12.1. The first kappa shape index (κ1) is 11.6. The summed E-state index contributed by atoms with van der Waals surface area (Å²) in [5.74, 6) is 0.0345. The number of hydrogen-bond donors (Lipinski definition) is 2. The van der Waals surface area contributed by atoms with E-state index in [4.69, 9.17) is 0 Å². The van der Waals surface area contributed by atoms with Crippen LogP contribution in [0.15, 0.2) is 47.9 Å². The molecule has 0 saturated heterocycles. The first-order valence-corrected chi connectivity index (χ1v) is 6.86. The Balaban J connectivity index is 1.99. The van der Waals surface area contributed by atoms with Gasteiger partial charge in [-0.3, -0.25) is 0 Å². The fourth-order valence-electron chi connectivity index (χ4n) is 1.61. The average Bonchev–Trinajstić information content (AvgIpc) is 2.86. The molecule has 0 amide bonds. The summed E-state index contributed by atoms with van der Waals surface area (Å²) in [6, 6.07) is 6.22. The second-order valence-corrected chi connectivity index (χ2v) is 5.44. The number of hydrogen-bond acceptors (Lipinski definition) is 5. The van der Waals surface area contributed by atoms with Crippen molar-refractivity contribution >= 4 is 27.0 Å². The van der Waals surface area contributed by atoms with Gasteiger partial charge >= 0.3 is 0 Å². The van der Waals surface area contributed by atoms with E-state index in [1.54, 1.807) is 12.1 Å². The van der Waals surface area contributed by atoms with Gasteiger partial charge in [0, 0.05) is 12.4 Å². The van der Waals surface area contributed by atoms with Crippen LogP contribution in [-0.4, -0.2) is 28.4 Å². The van der Waals surface area contributed by atoms with Gasteiger partial charge in [0.25, 0.3) is 10.0 Å². The Labute approximate surface area is 108 Å². The van der Waals surface area contributed by atoms with Crippen molar-refractivity contribution in [1.29, 1.82) is 0 Å². The van der Waals surface area contributed by atoms with Gasteiger partial charge < -0.3 is 4.98 Å². The van der Waals surface area contributed by atoms with Crippen molar-refractivity contribution in [2.75, 3.05) is 4.72 Å². The largest absolute Gasteiger partial charge is 0.345 e. The molecule has 2 aromatic heterocycles. The van der Waals surface area contributed by atoms with Gasteiger partial charge in [0.15, 0.2) is 0 Å². The Morgan fingerprint density at radius 1 is 1.11 bits per heavy atom. The van der Waals surface area contributed by atoms with Gasteiger partial charge in [0.2, 0.25) is 5.95 Å². The van der Waals surface area contributed by atoms with Gasteiger partial charge in [0.1, 0.15) is 0 Å². The Morgan fingerprint density at radius 3 is 2.68 bits per heavy atom. The minimum atomic E-state index is -3.71. The van der Waals surface area contributed by atoms with E-state index in [-0.39, 0.29) is 10.8 Å². The molecule has 8 heteroatoms. The Kier molecular flexibility index (Phi) is 2.64. The van der Waals surface area contributed by atoms with Crippen molar-refractivity contribution in [3.05, 3.63) is 43.0 Å². The van der Waals surface area contributed by atoms with E-state index in [9.17, 15) is 8.42 Å². The predicted octanol–water partition coefficient (Wildman–Crippen LogP) is 1.15. The van der Waals surface area contributed by atoms with Gasteiger partial charge in [-0.05, 0) is 24.3 Å². The molecule has 0 aliphatic carbocycles. The normalized spacial score (nSPS) is 11.6. The molecular weight excluding hydrogens is 266 g/mol. The van der Waals surface area contributed by atoms with Crippen LogP contribution in [0, 0.1) is 0 Å². The maximum atomic E-state index is 12.1. The third-order valence-corrected chi connectivity index (χ3v) is 3.82.